The number of aliphatic carboxylic acids is 1. The number of ether oxygens (including phenoxy) is 2. The minimum absolute atomic E-state index is 0.0566. The second kappa shape index (κ2) is 10.7. The van der Waals surface area contributed by atoms with Gasteiger partial charge in [-0.25, -0.2) is 4.79 Å². The van der Waals surface area contributed by atoms with Gasteiger partial charge >= 0.3 is 12.1 Å². The second-order valence-corrected chi connectivity index (χ2v) is 8.83. The van der Waals surface area contributed by atoms with Crippen LogP contribution in [-0.2, 0) is 19.1 Å². The number of hydrogen-bond donors (Lipinski definition) is 3. The highest BCUT2D eigenvalue weighted by molar-refractivity contribution is 5.83. The third-order valence-electron chi connectivity index (χ3n) is 6.79. The van der Waals surface area contributed by atoms with E-state index in [9.17, 15) is 14.4 Å². The average Bonchev–Trinajstić information content (AvgIpc) is 3.10. The normalized spacial score (nSPS) is 16.5. The van der Waals surface area contributed by atoms with Gasteiger partial charge in [0.05, 0.1) is 13.0 Å². The Morgan fingerprint density at radius 2 is 1.65 bits per heavy atom. The van der Waals surface area contributed by atoms with Crippen LogP contribution in [0.15, 0.2) is 48.5 Å². The molecule has 0 spiro atoms. The highest BCUT2D eigenvalue weighted by Gasteiger charge is 2.32. The maximum Gasteiger partial charge on any atom is 0.407 e. The zero-order valence-corrected chi connectivity index (χ0v) is 19.2. The predicted molar refractivity (Wildman–Crippen MR) is 125 cm³/mol. The van der Waals surface area contributed by atoms with Crippen molar-refractivity contribution in [1.29, 1.82) is 0 Å². The molecule has 0 aliphatic heterocycles. The molecule has 1 saturated carbocycles. The summed E-state index contributed by atoms with van der Waals surface area (Å²) in [6.07, 6.45) is 1.11. The Kier molecular flexibility index (Phi) is 7.47. The lowest BCUT2D eigenvalue weighted by atomic mass is 9.78. The molecule has 8 heteroatoms. The van der Waals surface area contributed by atoms with Gasteiger partial charge in [-0.1, -0.05) is 55.0 Å². The zero-order valence-electron chi connectivity index (χ0n) is 19.2. The fourth-order valence-corrected chi connectivity index (χ4v) is 4.75. The summed E-state index contributed by atoms with van der Waals surface area (Å²) in [6.45, 7) is 0.0928. The van der Waals surface area contributed by atoms with Gasteiger partial charge in [-0.05, 0) is 41.0 Å². The van der Waals surface area contributed by atoms with Crippen LogP contribution in [0.4, 0.5) is 4.79 Å². The largest absolute Gasteiger partial charge is 0.481 e. The Balaban J connectivity index is 1.30. The van der Waals surface area contributed by atoms with E-state index in [4.69, 9.17) is 14.6 Å². The van der Waals surface area contributed by atoms with Crippen LogP contribution in [0.1, 0.15) is 42.7 Å². The summed E-state index contributed by atoms with van der Waals surface area (Å²) in [7, 11) is 1.37. The van der Waals surface area contributed by atoms with Gasteiger partial charge in [0.15, 0.2) is 6.10 Å². The number of alkyl carbamates (subject to hydrolysis) is 1. The Morgan fingerprint density at radius 3 is 2.18 bits per heavy atom. The summed E-state index contributed by atoms with van der Waals surface area (Å²) in [5.41, 5.74) is 4.52. The van der Waals surface area contributed by atoms with Crippen molar-refractivity contribution in [1.82, 2.24) is 10.6 Å². The number of benzene rings is 2. The van der Waals surface area contributed by atoms with E-state index >= 15 is 0 Å². The third kappa shape index (κ3) is 5.22. The first-order valence-corrected chi connectivity index (χ1v) is 11.6. The molecular weight excluding hydrogens is 436 g/mol. The van der Waals surface area contributed by atoms with E-state index in [0.29, 0.717) is 0 Å². The number of rotatable bonds is 10. The molecule has 0 radical (unpaired) electrons. The Bertz CT molecular complexity index is 1010. The van der Waals surface area contributed by atoms with Crippen LogP contribution in [0.3, 0.4) is 0 Å². The van der Waals surface area contributed by atoms with Gasteiger partial charge in [-0.2, -0.15) is 0 Å². The van der Waals surface area contributed by atoms with E-state index in [1.165, 1.54) is 7.11 Å². The lowest BCUT2D eigenvalue weighted by molar-refractivity contribution is -0.139. The molecule has 2 amide bonds. The number of methoxy groups -OCH3 is 1. The van der Waals surface area contributed by atoms with Gasteiger partial charge in [-0.15, -0.1) is 0 Å². The highest BCUT2D eigenvalue weighted by Crippen LogP contribution is 2.44. The van der Waals surface area contributed by atoms with Gasteiger partial charge in [0.25, 0.3) is 5.91 Å². The molecule has 180 valence electrons. The van der Waals surface area contributed by atoms with E-state index in [0.717, 1.165) is 41.5 Å². The average molecular weight is 467 g/mol. The van der Waals surface area contributed by atoms with Crippen molar-refractivity contribution < 1.29 is 29.0 Å². The molecule has 3 N–H and O–H groups in total. The smallest absolute Gasteiger partial charge is 0.407 e. The van der Waals surface area contributed by atoms with E-state index in [1.54, 1.807) is 0 Å². The van der Waals surface area contributed by atoms with Crippen molar-refractivity contribution in [2.24, 2.45) is 5.92 Å². The number of carbonyl (C=O) groups excluding carboxylic acids is 2. The standard InChI is InChI=1S/C26H30N2O6/c1-33-23(25(31)28-22(13-24(29)30)16-7-6-8-16)14-27-26(32)34-15-21-19-11-4-2-9-17(19)18-10-3-5-12-20(18)21/h2-5,9-12,16,21-23H,6-8,13-15H2,1H3,(H,27,32)(H,28,31)(H,29,30). The summed E-state index contributed by atoms with van der Waals surface area (Å²) >= 11 is 0. The molecule has 2 aromatic carbocycles. The molecular formula is C26H30N2O6. The van der Waals surface area contributed by atoms with Gasteiger partial charge in [0, 0.05) is 19.1 Å². The van der Waals surface area contributed by atoms with Crippen molar-refractivity contribution in [2.75, 3.05) is 20.3 Å². The lowest BCUT2D eigenvalue weighted by Gasteiger charge is -2.34. The molecule has 8 nitrogen and oxygen atoms in total. The first kappa shape index (κ1) is 23.8. The molecule has 2 aromatic rings. The highest BCUT2D eigenvalue weighted by atomic mass is 16.5. The molecule has 2 atom stereocenters. The van der Waals surface area contributed by atoms with Crippen LogP contribution in [-0.4, -0.2) is 55.5 Å². The third-order valence-corrected chi connectivity index (χ3v) is 6.79. The summed E-state index contributed by atoms with van der Waals surface area (Å²) in [6, 6.07) is 15.7. The Morgan fingerprint density at radius 1 is 1.03 bits per heavy atom. The number of carbonyl (C=O) groups is 3. The van der Waals surface area contributed by atoms with Crippen molar-refractivity contribution in [3.05, 3.63) is 59.7 Å². The Hall–Kier alpha value is -3.39. The summed E-state index contributed by atoms with van der Waals surface area (Å²) in [5.74, 6) is -1.30. The van der Waals surface area contributed by atoms with Gasteiger partial charge in [-0.3, -0.25) is 9.59 Å². The molecule has 2 aliphatic rings. The predicted octanol–water partition coefficient (Wildman–Crippen LogP) is 3.30. The van der Waals surface area contributed by atoms with Crippen LogP contribution < -0.4 is 10.6 Å². The molecule has 0 bridgehead atoms. The Labute approximate surface area is 198 Å². The molecule has 2 aliphatic carbocycles. The van der Waals surface area contributed by atoms with Crippen molar-refractivity contribution >= 4 is 18.0 Å². The summed E-state index contributed by atoms with van der Waals surface area (Å²) in [4.78, 5) is 36.2. The molecule has 2 unspecified atom stereocenters. The number of carboxylic acid groups (broad SMARTS) is 1. The first-order valence-electron chi connectivity index (χ1n) is 11.6. The number of amides is 2. The number of nitrogens with one attached hydrogen (secondary N) is 2. The van der Waals surface area contributed by atoms with Crippen LogP contribution >= 0.6 is 0 Å². The van der Waals surface area contributed by atoms with Gasteiger partial charge in [0.1, 0.15) is 6.61 Å². The second-order valence-electron chi connectivity index (χ2n) is 8.83. The van der Waals surface area contributed by atoms with Crippen LogP contribution in [0.5, 0.6) is 0 Å². The van der Waals surface area contributed by atoms with Gasteiger partial charge < -0.3 is 25.2 Å². The van der Waals surface area contributed by atoms with Crippen LogP contribution in [0, 0.1) is 5.92 Å². The zero-order chi connectivity index (χ0) is 24.1. The van der Waals surface area contributed by atoms with Crippen molar-refractivity contribution in [2.45, 2.75) is 43.7 Å². The quantitative estimate of drug-likeness (QED) is 0.495. The van der Waals surface area contributed by atoms with Crippen molar-refractivity contribution in [3.8, 4) is 11.1 Å². The maximum absolute atomic E-state index is 12.6. The lowest BCUT2D eigenvalue weighted by Crippen LogP contribution is -2.51. The minimum Gasteiger partial charge on any atom is -0.481 e. The number of carboxylic acids is 1. The molecule has 34 heavy (non-hydrogen) atoms. The molecule has 0 aromatic heterocycles. The molecule has 0 heterocycles. The SMILES string of the molecule is COC(CNC(=O)OCC1c2ccccc2-c2ccccc21)C(=O)NC(CC(=O)O)C1CCC1. The first-order chi connectivity index (χ1) is 16.5. The topological polar surface area (TPSA) is 114 Å². The minimum atomic E-state index is -0.956. The maximum atomic E-state index is 12.6. The van der Waals surface area contributed by atoms with E-state index in [2.05, 4.69) is 22.8 Å². The van der Waals surface area contributed by atoms with Gasteiger partial charge in [0.2, 0.25) is 0 Å². The summed E-state index contributed by atoms with van der Waals surface area (Å²) in [5, 5.41) is 14.5. The van der Waals surface area contributed by atoms with E-state index in [1.807, 2.05) is 36.4 Å². The van der Waals surface area contributed by atoms with Crippen molar-refractivity contribution in [3.63, 3.8) is 0 Å². The molecule has 4 rings (SSSR count). The van der Waals surface area contributed by atoms with Crippen LogP contribution in [0.25, 0.3) is 11.1 Å². The number of hydrogen-bond acceptors (Lipinski definition) is 5. The van der Waals surface area contributed by atoms with Crippen LogP contribution in [0.2, 0.25) is 0 Å². The fourth-order valence-electron chi connectivity index (χ4n) is 4.75. The van der Waals surface area contributed by atoms with E-state index in [-0.39, 0.29) is 31.4 Å². The van der Waals surface area contributed by atoms with E-state index < -0.39 is 30.1 Å². The monoisotopic (exact) mass is 466 g/mol. The molecule has 1 fully saturated rings. The number of fused-ring (bicyclic) bond motifs is 3. The summed E-state index contributed by atoms with van der Waals surface area (Å²) < 4.78 is 10.7. The molecule has 0 saturated heterocycles. The fraction of sp³-hybridized carbons (Fsp3) is 0.423.